The van der Waals surface area contributed by atoms with Gasteiger partial charge >= 0.3 is 0 Å². The van der Waals surface area contributed by atoms with Crippen molar-refractivity contribution in [3.8, 4) is 6.07 Å². The highest BCUT2D eigenvalue weighted by Crippen LogP contribution is 2.35. The van der Waals surface area contributed by atoms with Gasteiger partial charge in [-0.05, 0) is 48.5 Å². The molecule has 2 heterocycles. The van der Waals surface area contributed by atoms with Crippen molar-refractivity contribution in [2.45, 2.75) is 17.8 Å². The molecule has 0 atom stereocenters. The highest BCUT2D eigenvalue weighted by Gasteiger charge is 2.11. The molecule has 0 amide bonds. The summed E-state index contributed by atoms with van der Waals surface area (Å²) >= 11 is 3.05. The Morgan fingerprint density at radius 1 is 1.06 bits per heavy atom. The van der Waals surface area contributed by atoms with Crippen molar-refractivity contribution >= 4 is 50.3 Å². The Kier molecular flexibility index (Phi) is 5.33. The smallest absolute Gasteiger partial charge is 0.156 e. The molecule has 3 aromatic carbocycles. The Bertz CT molecular complexity index is 1420. The molecule has 5 aromatic rings. The number of benzene rings is 3. The monoisotopic (exact) mass is 437 g/mol. The van der Waals surface area contributed by atoms with Gasteiger partial charge in [0.1, 0.15) is 6.07 Å². The normalized spacial score (nSPS) is 11.8. The van der Waals surface area contributed by atoms with Crippen molar-refractivity contribution in [3.05, 3.63) is 101 Å². The summed E-state index contributed by atoms with van der Waals surface area (Å²) in [5, 5.41) is 10.9. The number of thiazole rings is 1. The Morgan fingerprint density at radius 3 is 2.65 bits per heavy atom. The van der Waals surface area contributed by atoms with E-state index in [9.17, 15) is 5.26 Å². The number of hydrogen-bond acceptors (Lipinski definition) is 4. The Labute approximate surface area is 189 Å². The summed E-state index contributed by atoms with van der Waals surface area (Å²) in [7, 11) is 0. The lowest BCUT2D eigenvalue weighted by molar-refractivity contribution is 0.836. The molecule has 0 N–H and O–H groups in total. The topological polar surface area (TPSA) is 41.6 Å². The number of rotatable bonds is 5. The van der Waals surface area contributed by atoms with Crippen LogP contribution in [-0.2, 0) is 6.54 Å². The molecule has 5 rings (SSSR count). The summed E-state index contributed by atoms with van der Waals surface area (Å²) < 4.78 is 4.28. The van der Waals surface area contributed by atoms with Crippen LogP contribution in [0.3, 0.4) is 0 Å². The van der Waals surface area contributed by atoms with E-state index < -0.39 is 0 Å². The van der Waals surface area contributed by atoms with E-state index >= 15 is 0 Å². The van der Waals surface area contributed by atoms with Gasteiger partial charge in [-0.3, -0.25) is 0 Å². The second kappa shape index (κ2) is 8.43. The number of para-hydroxylation sites is 2. The van der Waals surface area contributed by atoms with Gasteiger partial charge in [-0.2, -0.15) is 5.26 Å². The maximum absolute atomic E-state index is 9.79. The number of fused-ring (bicyclic) bond motifs is 2. The standard InChI is InChI=1S/C26H19N3S2/c1-18-10-12-19(13-11-18)16-29-17-20(22-6-2-4-8-24(22)29)14-21(15-27)30-26-28-23-7-3-5-9-25(23)31-26/h2-14,17H,16H2,1H3. The number of aryl methyl sites for hydroxylation is 1. The Morgan fingerprint density at radius 2 is 1.84 bits per heavy atom. The predicted molar refractivity (Wildman–Crippen MR) is 131 cm³/mol. The average Bonchev–Trinajstić information content (AvgIpc) is 3.36. The van der Waals surface area contributed by atoms with Crippen LogP contribution in [0.4, 0.5) is 0 Å². The zero-order valence-electron chi connectivity index (χ0n) is 16.9. The SMILES string of the molecule is Cc1ccc(Cn2cc(C=C(C#N)Sc3nc4ccccc4s3)c3ccccc32)cc1. The molecule has 150 valence electrons. The molecule has 0 spiro atoms. The first-order valence-electron chi connectivity index (χ1n) is 9.98. The van der Waals surface area contributed by atoms with Gasteiger partial charge in [0.2, 0.25) is 0 Å². The largest absolute Gasteiger partial charge is 0.342 e. The van der Waals surface area contributed by atoms with Crippen molar-refractivity contribution in [1.82, 2.24) is 9.55 Å². The molecule has 2 aromatic heterocycles. The maximum Gasteiger partial charge on any atom is 0.156 e. The summed E-state index contributed by atoms with van der Waals surface area (Å²) in [5.74, 6) is 0. The summed E-state index contributed by atoms with van der Waals surface area (Å²) in [6.45, 7) is 2.89. The van der Waals surface area contributed by atoms with E-state index in [1.54, 1.807) is 11.3 Å². The van der Waals surface area contributed by atoms with Crippen LogP contribution in [0.5, 0.6) is 0 Å². The van der Waals surface area contributed by atoms with Crippen LogP contribution in [0, 0.1) is 18.3 Å². The first-order chi connectivity index (χ1) is 15.2. The molecule has 0 aliphatic carbocycles. The van der Waals surface area contributed by atoms with E-state index in [4.69, 9.17) is 0 Å². The van der Waals surface area contributed by atoms with Crippen LogP contribution in [0.1, 0.15) is 16.7 Å². The number of hydrogen-bond donors (Lipinski definition) is 0. The van der Waals surface area contributed by atoms with Crippen LogP contribution in [0.15, 0.2) is 88.2 Å². The predicted octanol–water partition coefficient (Wildman–Crippen LogP) is 7.26. The molecule has 0 aliphatic rings. The molecular formula is C26H19N3S2. The quantitative estimate of drug-likeness (QED) is 0.214. The third kappa shape index (κ3) is 4.13. The van der Waals surface area contributed by atoms with Crippen molar-refractivity contribution < 1.29 is 0 Å². The highest BCUT2D eigenvalue weighted by molar-refractivity contribution is 8.05. The second-order valence-electron chi connectivity index (χ2n) is 7.39. The fourth-order valence-electron chi connectivity index (χ4n) is 3.63. The van der Waals surface area contributed by atoms with E-state index in [0.29, 0.717) is 4.91 Å². The van der Waals surface area contributed by atoms with Crippen molar-refractivity contribution in [2.24, 2.45) is 0 Å². The third-order valence-corrected chi connectivity index (χ3v) is 7.19. The molecule has 0 saturated heterocycles. The number of nitriles is 1. The van der Waals surface area contributed by atoms with E-state index in [1.165, 1.54) is 22.9 Å². The lowest BCUT2D eigenvalue weighted by atomic mass is 10.1. The molecule has 0 saturated carbocycles. The summed E-state index contributed by atoms with van der Waals surface area (Å²) in [5.41, 5.74) is 5.70. The van der Waals surface area contributed by atoms with E-state index in [2.05, 4.69) is 77.3 Å². The molecule has 0 unspecified atom stereocenters. The summed E-state index contributed by atoms with van der Waals surface area (Å²) in [4.78, 5) is 5.29. The summed E-state index contributed by atoms with van der Waals surface area (Å²) in [6, 6.07) is 27.4. The third-order valence-electron chi connectivity index (χ3n) is 5.16. The van der Waals surface area contributed by atoms with Gasteiger partial charge in [-0.25, -0.2) is 4.98 Å². The molecule has 0 radical (unpaired) electrons. The van der Waals surface area contributed by atoms with Gasteiger partial charge in [-0.1, -0.05) is 60.2 Å². The van der Waals surface area contributed by atoms with Crippen molar-refractivity contribution in [1.29, 1.82) is 5.26 Å². The van der Waals surface area contributed by atoms with Gasteiger partial charge in [-0.15, -0.1) is 11.3 Å². The lowest BCUT2D eigenvalue weighted by Gasteiger charge is -2.06. The van der Waals surface area contributed by atoms with Gasteiger partial charge in [0, 0.05) is 29.2 Å². The fourth-order valence-corrected chi connectivity index (χ4v) is 5.59. The molecule has 0 bridgehead atoms. The molecule has 0 fully saturated rings. The van der Waals surface area contributed by atoms with Crippen LogP contribution in [0.2, 0.25) is 0 Å². The van der Waals surface area contributed by atoms with Gasteiger partial charge < -0.3 is 4.57 Å². The Hall–Kier alpha value is -3.33. The zero-order chi connectivity index (χ0) is 21.2. The molecular weight excluding hydrogens is 418 g/mol. The molecule has 0 aliphatic heterocycles. The lowest BCUT2D eigenvalue weighted by Crippen LogP contribution is -1.97. The molecule has 5 heteroatoms. The van der Waals surface area contributed by atoms with Crippen molar-refractivity contribution in [2.75, 3.05) is 0 Å². The zero-order valence-corrected chi connectivity index (χ0v) is 18.6. The number of allylic oxidation sites excluding steroid dienone is 1. The van der Waals surface area contributed by atoms with Crippen LogP contribution < -0.4 is 0 Å². The average molecular weight is 438 g/mol. The number of nitrogens with zero attached hydrogens (tertiary/aromatic N) is 3. The Balaban J connectivity index is 1.50. The van der Waals surface area contributed by atoms with Gasteiger partial charge in [0.05, 0.1) is 15.1 Å². The van der Waals surface area contributed by atoms with Crippen LogP contribution >= 0.6 is 23.1 Å². The number of thioether (sulfide) groups is 1. The molecule has 3 nitrogen and oxygen atoms in total. The summed E-state index contributed by atoms with van der Waals surface area (Å²) in [6.07, 6.45) is 4.12. The second-order valence-corrected chi connectivity index (χ2v) is 9.70. The van der Waals surface area contributed by atoms with Crippen LogP contribution in [0.25, 0.3) is 27.2 Å². The van der Waals surface area contributed by atoms with Gasteiger partial charge in [0.15, 0.2) is 4.34 Å². The minimum Gasteiger partial charge on any atom is -0.342 e. The van der Waals surface area contributed by atoms with E-state index in [-0.39, 0.29) is 0 Å². The minimum absolute atomic E-state index is 0.636. The van der Waals surface area contributed by atoms with Gasteiger partial charge in [0.25, 0.3) is 0 Å². The highest BCUT2D eigenvalue weighted by atomic mass is 32.2. The number of aromatic nitrogens is 2. The van der Waals surface area contributed by atoms with Crippen LogP contribution in [-0.4, -0.2) is 9.55 Å². The fraction of sp³-hybridized carbons (Fsp3) is 0.0769. The minimum atomic E-state index is 0.636. The first kappa shape index (κ1) is 19.6. The van der Waals surface area contributed by atoms with E-state index in [1.807, 2.05) is 30.3 Å². The maximum atomic E-state index is 9.79. The molecule has 31 heavy (non-hydrogen) atoms. The van der Waals surface area contributed by atoms with Crippen molar-refractivity contribution in [3.63, 3.8) is 0 Å². The van der Waals surface area contributed by atoms with E-state index in [0.717, 1.165) is 37.6 Å². The first-order valence-corrected chi connectivity index (χ1v) is 11.6.